The number of nitrogens with one attached hydrogen (secondary N) is 1. The highest BCUT2D eigenvalue weighted by molar-refractivity contribution is 6.03. The molecule has 0 saturated carbocycles. The first-order valence-electron chi connectivity index (χ1n) is 11.4. The summed E-state index contributed by atoms with van der Waals surface area (Å²) >= 11 is 0. The minimum atomic E-state index is -1.11. The second kappa shape index (κ2) is 18.1. The van der Waals surface area contributed by atoms with Crippen LogP contribution in [0.1, 0.15) is 58.1 Å². The first-order chi connectivity index (χ1) is 16.7. The number of amidine groups is 1. The third-order valence-electron chi connectivity index (χ3n) is 4.26. The molecule has 1 aromatic rings. The van der Waals surface area contributed by atoms with Crippen molar-refractivity contribution in [2.24, 2.45) is 22.4 Å². The van der Waals surface area contributed by atoms with Gasteiger partial charge in [0, 0.05) is 38.2 Å². The van der Waals surface area contributed by atoms with Crippen molar-refractivity contribution in [2.75, 3.05) is 26.0 Å². The molecule has 196 valence electrons. The van der Waals surface area contributed by atoms with E-state index in [0.29, 0.717) is 17.7 Å². The van der Waals surface area contributed by atoms with Crippen molar-refractivity contribution in [3.63, 3.8) is 0 Å². The normalized spacial score (nSPS) is 15.1. The number of nitrogen functional groups attached to an aromatic ring is 1. The van der Waals surface area contributed by atoms with Crippen LogP contribution in [0.5, 0.6) is 0 Å². The predicted molar refractivity (Wildman–Crippen MR) is 140 cm³/mol. The number of anilines is 1. The van der Waals surface area contributed by atoms with E-state index in [9.17, 15) is 8.78 Å². The maximum atomic E-state index is 14.2. The number of nitrogens with zero attached hydrogens (tertiary/aromatic N) is 3. The number of halogens is 2. The number of ether oxygens (including phenoxy) is 1. The summed E-state index contributed by atoms with van der Waals surface area (Å²) in [6.07, 6.45) is 10.8. The second-order valence-corrected chi connectivity index (χ2v) is 7.07. The van der Waals surface area contributed by atoms with Gasteiger partial charge in [-0.15, -0.1) is 0 Å². The van der Waals surface area contributed by atoms with Crippen molar-refractivity contribution in [1.29, 1.82) is 0 Å². The standard InChI is InChI=1S/C18H26F2N8.C4H8O.C2H6/c1-4-5-6-7-15(16(20)11(2)19)26-18(27-23)13-8-12(9-25-17(13)22)14(21)10-28(3)24;1-2-4-5-3-1;1-2/h4-5,7-10H,6,21,23-24H2,1-3H3,(H2,22,25)(H,26,27);1-4H2;1-2H3/b5-4-,14-10-,15-7?,16-11-;;. The Morgan fingerprint density at radius 1 is 1.29 bits per heavy atom. The molecule has 2 rings (SSSR count). The summed E-state index contributed by atoms with van der Waals surface area (Å²) in [5, 5.41) is 1.27. The van der Waals surface area contributed by atoms with E-state index < -0.39 is 11.7 Å². The van der Waals surface area contributed by atoms with Crippen LogP contribution in [0.4, 0.5) is 14.6 Å². The lowest BCUT2D eigenvalue weighted by Crippen LogP contribution is -2.32. The van der Waals surface area contributed by atoms with E-state index in [4.69, 9.17) is 27.9 Å². The predicted octanol–water partition coefficient (Wildman–Crippen LogP) is 3.78. The van der Waals surface area contributed by atoms with E-state index in [1.807, 2.05) is 20.8 Å². The van der Waals surface area contributed by atoms with E-state index in [0.717, 1.165) is 20.1 Å². The Morgan fingerprint density at radius 2 is 1.91 bits per heavy atom. The first-order valence-corrected chi connectivity index (χ1v) is 11.4. The Kier molecular flexibility index (Phi) is 16.4. The molecule has 2 heterocycles. The number of nitrogens with two attached hydrogens (primary N) is 4. The quantitative estimate of drug-likeness (QED) is 0.0958. The molecule has 0 aliphatic carbocycles. The lowest BCUT2D eigenvalue weighted by atomic mass is 10.1. The van der Waals surface area contributed by atoms with Gasteiger partial charge in [0.1, 0.15) is 17.3 Å². The van der Waals surface area contributed by atoms with Crippen LogP contribution in [0, 0.1) is 0 Å². The zero-order chi connectivity index (χ0) is 26.8. The lowest BCUT2D eigenvalue weighted by molar-refractivity contribution is 0.198. The minimum Gasteiger partial charge on any atom is -0.397 e. The van der Waals surface area contributed by atoms with Crippen molar-refractivity contribution in [3.8, 4) is 0 Å². The Morgan fingerprint density at radius 3 is 2.37 bits per heavy atom. The molecule has 0 radical (unpaired) electrons. The van der Waals surface area contributed by atoms with Crippen molar-refractivity contribution in [2.45, 2.75) is 47.0 Å². The molecule has 0 atom stereocenters. The second-order valence-electron chi connectivity index (χ2n) is 7.07. The number of hydrazine groups is 2. The highest BCUT2D eigenvalue weighted by atomic mass is 19.2. The van der Waals surface area contributed by atoms with Gasteiger partial charge < -0.3 is 26.6 Å². The number of pyridine rings is 1. The molecule has 0 amide bonds. The highest BCUT2D eigenvalue weighted by Crippen LogP contribution is 2.22. The molecule has 1 saturated heterocycles. The topological polar surface area (TPSA) is 154 Å². The smallest absolute Gasteiger partial charge is 0.179 e. The molecule has 1 aromatic heterocycles. The Labute approximate surface area is 207 Å². The molecule has 11 heteroatoms. The number of aromatic nitrogens is 1. The minimum absolute atomic E-state index is 0.0103. The molecule has 0 spiro atoms. The summed E-state index contributed by atoms with van der Waals surface area (Å²) in [5.74, 6) is 9.04. The Hall–Kier alpha value is -3.28. The number of allylic oxidation sites excluding steroid dienone is 5. The zero-order valence-electron chi connectivity index (χ0n) is 21.3. The fraction of sp³-hybridized carbons (Fsp3) is 0.417. The van der Waals surface area contributed by atoms with Crippen molar-refractivity contribution in [1.82, 2.24) is 15.4 Å². The number of aliphatic imine (C=N–C) groups is 1. The van der Waals surface area contributed by atoms with Gasteiger partial charge >= 0.3 is 0 Å². The summed E-state index contributed by atoms with van der Waals surface area (Å²) in [6, 6.07) is 1.56. The van der Waals surface area contributed by atoms with Crippen molar-refractivity contribution in [3.05, 3.63) is 65.2 Å². The maximum Gasteiger partial charge on any atom is 0.179 e. The van der Waals surface area contributed by atoms with Gasteiger partial charge in [-0.1, -0.05) is 32.1 Å². The van der Waals surface area contributed by atoms with E-state index >= 15 is 0 Å². The molecule has 1 aliphatic heterocycles. The molecule has 0 unspecified atom stereocenters. The van der Waals surface area contributed by atoms with Crippen molar-refractivity contribution < 1.29 is 13.5 Å². The fourth-order valence-corrected chi connectivity index (χ4v) is 2.59. The van der Waals surface area contributed by atoms with Crippen LogP contribution in [0.3, 0.4) is 0 Å². The van der Waals surface area contributed by atoms with Gasteiger partial charge in [0.15, 0.2) is 11.7 Å². The summed E-state index contributed by atoms with van der Waals surface area (Å²) in [7, 11) is 1.60. The van der Waals surface area contributed by atoms with Crippen LogP contribution in [0.15, 0.2) is 59.0 Å². The van der Waals surface area contributed by atoms with Gasteiger partial charge in [-0.25, -0.2) is 30.4 Å². The van der Waals surface area contributed by atoms with Gasteiger partial charge in [-0.2, -0.15) is 0 Å². The van der Waals surface area contributed by atoms with Gasteiger partial charge in [0.05, 0.1) is 11.3 Å². The number of rotatable bonds is 7. The highest BCUT2D eigenvalue weighted by Gasteiger charge is 2.14. The monoisotopic (exact) mass is 494 g/mol. The third kappa shape index (κ3) is 12.1. The Balaban J connectivity index is 0.00000143. The van der Waals surface area contributed by atoms with E-state index in [1.54, 1.807) is 25.3 Å². The third-order valence-corrected chi connectivity index (χ3v) is 4.26. The average Bonchev–Trinajstić information content (AvgIpc) is 3.42. The van der Waals surface area contributed by atoms with Crippen molar-refractivity contribution >= 4 is 17.4 Å². The Bertz CT molecular complexity index is 908. The lowest BCUT2D eigenvalue weighted by Gasteiger charge is -2.12. The largest absolute Gasteiger partial charge is 0.397 e. The summed E-state index contributed by atoms with van der Waals surface area (Å²) in [5.41, 5.74) is 15.0. The average molecular weight is 495 g/mol. The molecule has 0 aromatic carbocycles. The van der Waals surface area contributed by atoms with Gasteiger partial charge in [-0.3, -0.25) is 0 Å². The molecular formula is C24H40F2N8O. The van der Waals surface area contributed by atoms with E-state index in [2.05, 4.69) is 15.4 Å². The molecule has 1 aliphatic rings. The molecular weight excluding hydrogens is 454 g/mol. The van der Waals surface area contributed by atoms with Gasteiger partial charge in [-0.05, 0) is 39.2 Å². The molecule has 0 bridgehead atoms. The van der Waals surface area contributed by atoms with Crippen LogP contribution >= 0.6 is 0 Å². The molecule has 9 nitrogen and oxygen atoms in total. The zero-order valence-corrected chi connectivity index (χ0v) is 21.3. The van der Waals surface area contributed by atoms with Crippen LogP contribution < -0.4 is 28.6 Å². The van der Waals surface area contributed by atoms with Crippen LogP contribution in [-0.4, -0.2) is 36.1 Å². The van der Waals surface area contributed by atoms with Gasteiger partial charge in [0.25, 0.3) is 0 Å². The summed E-state index contributed by atoms with van der Waals surface area (Å²) < 4.78 is 32.6. The van der Waals surface area contributed by atoms with Crippen LogP contribution in [-0.2, 0) is 4.74 Å². The fourth-order valence-electron chi connectivity index (χ4n) is 2.59. The first kappa shape index (κ1) is 31.7. The van der Waals surface area contributed by atoms with E-state index in [1.165, 1.54) is 36.3 Å². The summed E-state index contributed by atoms with van der Waals surface area (Å²) in [6.45, 7) is 8.81. The van der Waals surface area contributed by atoms with E-state index in [-0.39, 0.29) is 22.9 Å². The molecule has 1 fully saturated rings. The number of hydrogen-bond donors (Lipinski definition) is 5. The van der Waals surface area contributed by atoms with Gasteiger partial charge in [0.2, 0.25) is 0 Å². The molecule has 9 N–H and O–H groups in total. The maximum absolute atomic E-state index is 14.2. The molecule has 35 heavy (non-hydrogen) atoms. The van der Waals surface area contributed by atoms with Crippen LogP contribution in [0.25, 0.3) is 5.70 Å². The summed E-state index contributed by atoms with van der Waals surface area (Å²) in [4.78, 5) is 8.15. The number of hydrogen-bond acceptors (Lipinski definition) is 8. The van der Waals surface area contributed by atoms with Crippen LogP contribution in [0.2, 0.25) is 0 Å². The SMILES string of the molecule is C/C=C\CC=C(N=C(NN)c1cc(/C(N)=C/N(C)N)cnc1N)/C(F)=C(\C)F.C1CCOC1.CC.